The van der Waals surface area contributed by atoms with Crippen LogP contribution in [0.15, 0.2) is 48.5 Å². The summed E-state index contributed by atoms with van der Waals surface area (Å²) in [5, 5.41) is 18.4. The van der Waals surface area contributed by atoms with Gasteiger partial charge in [0, 0.05) is 34.8 Å². The van der Waals surface area contributed by atoms with Gasteiger partial charge in [-0.3, -0.25) is 14.9 Å². The quantitative estimate of drug-likeness (QED) is 0.544. The minimum absolute atomic E-state index is 0.0474. The van der Waals surface area contributed by atoms with Gasteiger partial charge in [0.2, 0.25) is 0 Å². The molecule has 0 aliphatic carbocycles. The Kier molecular flexibility index (Phi) is 4.41. The third kappa shape index (κ3) is 3.19. The summed E-state index contributed by atoms with van der Waals surface area (Å²) in [7, 11) is 0. The van der Waals surface area contributed by atoms with Crippen molar-refractivity contribution in [3.05, 3.63) is 81.0 Å². The molecule has 1 aromatic heterocycles. The highest BCUT2D eigenvalue weighted by molar-refractivity contribution is 7.98. The average molecular weight is 380 g/mol. The van der Waals surface area contributed by atoms with E-state index in [2.05, 4.69) is 5.32 Å². The summed E-state index contributed by atoms with van der Waals surface area (Å²) in [5.41, 5.74) is 4.28. The van der Waals surface area contributed by atoms with Gasteiger partial charge in [-0.15, -0.1) is 0 Å². The SMILES string of the molecule is Cc1ccccc1-n1nc2c(c1NC(=O)c1ccc([N+](=O)[O-])cc1)CSC2. The zero-order valence-electron chi connectivity index (χ0n) is 14.5. The number of amides is 1. The molecule has 0 bridgehead atoms. The van der Waals surface area contributed by atoms with Gasteiger partial charge in [-0.25, -0.2) is 4.68 Å². The van der Waals surface area contributed by atoms with Crippen molar-refractivity contribution in [2.45, 2.75) is 18.4 Å². The molecule has 0 radical (unpaired) electrons. The van der Waals surface area contributed by atoms with Crippen molar-refractivity contribution in [2.75, 3.05) is 5.32 Å². The lowest BCUT2D eigenvalue weighted by Crippen LogP contribution is -2.16. The lowest BCUT2D eigenvalue weighted by atomic mass is 10.2. The summed E-state index contributed by atoms with van der Waals surface area (Å²) < 4.78 is 1.78. The van der Waals surface area contributed by atoms with Gasteiger partial charge < -0.3 is 5.32 Å². The number of nitrogens with one attached hydrogen (secondary N) is 1. The summed E-state index contributed by atoms with van der Waals surface area (Å²) in [5.74, 6) is 1.94. The maximum atomic E-state index is 12.7. The number of non-ortho nitro benzene ring substituents is 1. The van der Waals surface area contributed by atoms with Gasteiger partial charge in [-0.2, -0.15) is 16.9 Å². The Labute approximate surface area is 159 Å². The van der Waals surface area contributed by atoms with Crippen LogP contribution in [0.25, 0.3) is 5.69 Å². The molecule has 3 aromatic rings. The second-order valence-corrected chi connectivity index (χ2v) is 7.21. The molecule has 1 aliphatic heterocycles. The van der Waals surface area contributed by atoms with E-state index in [1.54, 1.807) is 16.4 Å². The molecule has 1 N–H and O–H groups in total. The summed E-state index contributed by atoms with van der Waals surface area (Å²) in [6, 6.07) is 13.4. The molecular weight excluding hydrogens is 364 g/mol. The first-order chi connectivity index (χ1) is 13.0. The number of carbonyl (C=O) groups is 1. The monoisotopic (exact) mass is 380 g/mol. The molecule has 0 unspecified atom stereocenters. The van der Waals surface area contributed by atoms with E-state index < -0.39 is 4.92 Å². The Hall–Kier alpha value is -3.13. The van der Waals surface area contributed by atoms with Crippen molar-refractivity contribution in [3.8, 4) is 5.69 Å². The molecule has 0 fully saturated rings. The molecule has 0 saturated heterocycles. The van der Waals surface area contributed by atoms with E-state index >= 15 is 0 Å². The van der Waals surface area contributed by atoms with Gasteiger partial charge in [-0.1, -0.05) is 18.2 Å². The van der Waals surface area contributed by atoms with Crippen molar-refractivity contribution in [3.63, 3.8) is 0 Å². The highest BCUT2D eigenvalue weighted by Gasteiger charge is 2.25. The van der Waals surface area contributed by atoms with E-state index in [-0.39, 0.29) is 11.6 Å². The average Bonchev–Trinajstić information content (AvgIpc) is 3.25. The molecule has 136 valence electrons. The fourth-order valence-corrected chi connectivity index (χ4v) is 4.07. The van der Waals surface area contributed by atoms with Crippen molar-refractivity contribution >= 4 is 29.2 Å². The third-order valence-electron chi connectivity index (χ3n) is 4.47. The van der Waals surface area contributed by atoms with E-state index in [4.69, 9.17) is 5.10 Å². The number of nitro benzene ring substituents is 1. The maximum absolute atomic E-state index is 12.7. The molecule has 0 atom stereocenters. The topological polar surface area (TPSA) is 90.1 Å². The van der Waals surface area contributed by atoms with Crippen molar-refractivity contribution in [2.24, 2.45) is 0 Å². The summed E-state index contributed by atoms with van der Waals surface area (Å²) >= 11 is 1.76. The molecule has 2 heterocycles. The van der Waals surface area contributed by atoms with Crippen LogP contribution in [0, 0.1) is 17.0 Å². The van der Waals surface area contributed by atoms with Gasteiger partial charge in [0.1, 0.15) is 5.82 Å². The number of para-hydroxylation sites is 1. The van der Waals surface area contributed by atoms with Gasteiger partial charge in [0.25, 0.3) is 11.6 Å². The number of rotatable bonds is 4. The number of fused-ring (bicyclic) bond motifs is 1. The molecule has 8 heteroatoms. The fourth-order valence-electron chi connectivity index (χ4n) is 3.03. The predicted octanol–water partition coefficient (Wildman–Crippen LogP) is 4.09. The van der Waals surface area contributed by atoms with Gasteiger partial charge >= 0.3 is 0 Å². The van der Waals surface area contributed by atoms with Crippen LogP contribution in [0.1, 0.15) is 27.2 Å². The zero-order valence-corrected chi connectivity index (χ0v) is 15.3. The van der Waals surface area contributed by atoms with Crippen LogP contribution in [0.2, 0.25) is 0 Å². The summed E-state index contributed by atoms with van der Waals surface area (Å²) in [6.07, 6.45) is 0. The van der Waals surface area contributed by atoms with Crippen molar-refractivity contribution in [1.29, 1.82) is 0 Å². The number of carbonyl (C=O) groups excluding carboxylic acids is 1. The molecule has 0 saturated carbocycles. The Morgan fingerprint density at radius 1 is 1.19 bits per heavy atom. The molecule has 1 aliphatic rings. The molecule has 27 heavy (non-hydrogen) atoms. The third-order valence-corrected chi connectivity index (χ3v) is 5.44. The number of benzene rings is 2. The molecule has 0 spiro atoms. The minimum atomic E-state index is -0.487. The highest BCUT2D eigenvalue weighted by atomic mass is 32.2. The fraction of sp³-hybridized carbons (Fsp3) is 0.158. The van der Waals surface area contributed by atoms with Crippen molar-refractivity contribution < 1.29 is 9.72 Å². The van der Waals surface area contributed by atoms with Crippen LogP contribution in [0.4, 0.5) is 11.5 Å². The van der Waals surface area contributed by atoms with Crippen LogP contribution in [-0.4, -0.2) is 20.6 Å². The van der Waals surface area contributed by atoms with Crippen LogP contribution in [0.3, 0.4) is 0 Å². The summed E-state index contributed by atoms with van der Waals surface area (Å²) in [6.45, 7) is 2.00. The number of thioether (sulfide) groups is 1. The largest absolute Gasteiger partial charge is 0.306 e. The predicted molar refractivity (Wildman–Crippen MR) is 104 cm³/mol. The number of aromatic nitrogens is 2. The highest BCUT2D eigenvalue weighted by Crippen LogP contribution is 2.36. The maximum Gasteiger partial charge on any atom is 0.269 e. The first-order valence-corrected chi connectivity index (χ1v) is 9.50. The lowest BCUT2D eigenvalue weighted by Gasteiger charge is -2.13. The molecule has 7 nitrogen and oxygen atoms in total. The van der Waals surface area contributed by atoms with E-state index in [1.807, 2.05) is 31.2 Å². The second-order valence-electron chi connectivity index (χ2n) is 6.22. The first kappa shape index (κ1) is 17.3. The van der Waals surface area contributed by atoms with E-state index in [1.165, 1.54) is 24.3 Å². The molecule has 2 aromatic carbocycles. The Morgan fingerprint density at radius 2 is 1.93 bits per heavy atom. The Morgan fingerprint density at radius 3 is 2.63 bits per heavy atom. The second kappa shape index (κ2) is 6.88. The van der Waals surface area contributed by atoms with Crippen LogP contribution >= 0.6 is 11.8 Å². The van der Waals surface area contributed by atoms with Crippen LogP contribution in [-0.2, 0) is 11.5 Å². The number of nitrogens with zero attached hydrogens (tertiary/aromatic N) is 3. The molecular formula is C19H16N4O3S. The standard InChI is InChI=1S/C19H16N4O3S/c1-12-4-2-3-5-17(12)22-18(15-10-27-11-16(15)21-22)20-19(24)13-6-8-14(9-7-13)23(25)26/h2-9H,10-11H2,1H3,(H,20,24). The van der Waals surface area contributed by atoms with E-state index in [9.17, 15) is 14.9 Å². The van der Waals surface area contributed by atoms with Crippen molar-refractivity contribution in [1.82, 2.24) is 9.78 Å². The number of nitro groups is 1. The number of anilines is 1. The normalized spacial score (nSPS) is 12.6. The van der Waals surface area contributed by atoms with E-state index in [0.29, 0.717) is 11.4 Å². The van der Waals surface area contributed by atoms with E-state index in [0.717, 1.165) is 34.0 Å². The number of hydrogen-bond donors (Lipinski definition) is 1. The molecule has 4 rings (SSSR count). The Bertz CT molecular complexity index is 1040. The van der Waals surface area contributed by atoms with Gasteiger partial charge in [0.15, 0.2) is 0 Å². The minimum Gasteiger partial charge on any atom is -0.306 e. The number of aryl methyl sites for hydroxylation is 1. The smallest absolute Gasteiger partial charge is 0.269 e. The molecule has 1 amide bonds. The zero-order chi connectivity index (χ0) is 19.0. The van der Waals surface area contributed by atoms with Gasteiger partial charge in [-0.05, 0) is 30.7 Å². The van der Waals surface area contributed by atoms with Gasteiger partial charge in [0.05, 0.1) is 16.3 Å². The van der Waals surface area contributed by atoms with Crippen LogP contribution in [0.5, 0.6) is 0 Å². The lowest BCUT2D eigenvalue weighted by molar-refractivity contribution is -0.384. The summed E-state index contributed by atoms with van der Waals surface area (Å²) in [4.78, 5) is 23.0. The number of hydrogen-bond acceptors (Lipinski definition) is 5. The first-order valence-electron chi connectivity index (χ1n) is 8.35. The van der Waals surface area contributed by atoms with Crippen LogP contribution < -0.4 is 5.32 Å². The Balaban J connectivity index is 1.70.